The normalized spacial score (nSPS) is 10.8. The van der Waals surface area contributed by atoms with Crippen LogP contribution in [0.5, 0.6) is 0 Å². The first-order chi connectivity index (χ1) is 12.2. The van der Waals surface area contributed by atoms with Gasteiger partial charge in [-0.15, -0.1) is 17.0 Å². The van der Waals surface area contributed by atoms with E-state index in [9.17, 15) is 4.79 Å². The minimum atomic E-state index is -1.87. The maximum Gasteiger partial charge on any atom is 0.303 e. The first kappa shape index (κ1) is 20.4. The van der Waals surface area contributed by atoms with E-state index >= 15 is 0 Å². The van der Waals surface area contributed by atoms with Gasteiger partial charge in [0.1, 0.15) is 23.2 Å². The predicted molar refractivity (Wildman–Crippen MR) is 117 cm³/mol. The highest BCUT2D eigenvalue weighted by Gasteiger charge is 2.44. The summed E-state index contributed by atoms with van der Waals surface area (Å²) in [5.74, 6) is -0.729. The van der Waals surface area contributed by atoms with E-state index in [0.29, 0.717) is 6.42 Å². The molecule has 3 aromatic carbocycles. The number of carbonyl (C=O) groups is 1. The third-order valence-electron chi connectivity index (χ3n) is 4.48. The van der Waals surface area contributed by atoms with E-state index in [0.717, 1.165) is 6.16 Å². The molecule has 1 N–H and O–H groups in total. The largest absolute Gasteiger partial charge is 0.481 e. The number of hydrogen-bond donors (Lipinski definition) is 1. The second-order valence-electron chi connectivity index (χ2n) is 6.04. The van der Waals surface area contributed by atoms with Crippen LogP contribution in [0.15, 0.2) is 91.0 Å². The van der Waals surface area contributed by atoms with E-state index in [1.165, 1.54) is 15.9 Å². The van der Waals surface area contributed by atoms with E-state index in [1.54, 1.807) is 0 Å². The van der Waals surface area contributed by atoms with Gasteiger partial charge in [-0.3, -0.25) is 4.79 Å². The van der Waals surface area contributed by atoms with Crippen LogP contribution in [-0.2, 0) is 4.79 Å². The van der Waals surface area contributed by atoms with Gasteiger partial charge in [0.15, 0.2) is 0 Å². The lowest BCUT2D eigenvalue weighted by Gasteiger charge is -2.27. The zero-order valence-electron chi connectivity index (χ0n) is 14.5. The highest BCUT2D eigenvalue weighted by Crippen LogP contribution is 2.55. The number of carboxylic acids is 1. The van der Waals surface area contributed by atoms with Crippen molar-refractivity contribution in [1.82, 2.24) is 0 Å². The van der Waals surface area contributed by atoms with Crippen LogP contribution in [0.2, 0.25) is 0 Å². The second kappa shape index (κ2) is 9.66. The van der Waals surface area contributed by atoms with Crippen molar-refractivity contribution in [3.63, 3.8) is 0 Å². The van der Waals surface area contributed by atoms with Crippen molar-refractivity contribution in [2.24, 2.45) is 0 Å². The molecule has 26 heavy (non-hydrogen) atoms. The molecule has 0 spiro atoms. The summed E-state index contributed by atoms with van der Waals surface area (Å²) in [6.45, 7) is 0. The smallest absolute Gasteiger partial charge is 0.303 e. The topological polar surface area (TPSA) is 37.3 Å². The van der Waals surface area contributed by atoms with Gasteiger partial charge in [0.05, 0.1) is 6.16 Å². The van der Waals surface area contributed by atoms with Crippen LogP contribution in [0.25, 0.3) is 0 Å². The molecule has 0 saturated carbocycles. The standard InChI is InChI=1S/C22H21O2P.BrH/c23-22(24)17-10-18-25(19-11-4-1-5-12-19,20-13-6-2-7-14-20)21-15-8-3-9-16-21;/h1-9,11-16H,10,17-18H2;1H/p+1. The Morgan fingerprint density at radius 2 is 1.04 bits per heavy atom. The van der Waals surface area contributed by atoms with Gasteiger partial charge >= 0.3 is 5.97 Å². The van der Waals surface area contributed by atoms with Crippen LogP contribution in [0, 0.1) is 0 Å². The van der Waals surface area contributed by atoms with E-state index in [2.05, 4.69) is 72.8 Å². The number of benzene rings is 3. The van der Waals surface area contributed by atoms with Gasteiger partial charge in [-0.25, -0.2) is 0 Å². The molecule has 134 valence electrons. The summed E-state index contributed by atoms with van der Waals surface area (Å²) in [5.41, 5.74) is 0. The maximum absolute atomic E-state index is 11.1. The Kier molecular flexibility index (Phi) is 7.56. The van der Waals surface area contributed by atoms with Gasteiger partial charge in [0.2, 0.25) is 0 Å². The highest BCUT2D eigenvalue weighted by molar-refractivity contribution is 8.93. The molecular formula is C22H23BrO2P+. The summed E-state index contributed by atoms with van der Waals surface area (Å²) in [5, 5.41) is 13.0. The average Bonchev–Trinajstić information content (AvgIpc) is 2.67. The molecule has 0 fully saturated rings. The molecule has 0 atom stereocenters. The van der Waals surface area contributed by atoms with Gasteiger partial charge in [0, 0.05) is 6.42 Å². The fourth-order valence-electron chi connectivity index (χ4n) is 3.35. The number of aliphatic carboxylic acids is 1. The fourth-order valence-corrected chi connectivity index (χ4v) is 7.69. The second-order valence-corrected chi connectivity index (χ2v) is 9.65. The number of carboxylic acid groups (broad SMARTS) is 1. The molecule has 2 nitrogen and oxygen atoms in total. The number of halogens is 1. The van der Waals surface area contributed by atoms with Crippen LogP contribution in [0.4, 0.5) is 0 Å². The van der Waals surface area contributed by atoms with Crippen molar-refractivity contribution in [2.45, 2.75) is 12.8 Å². The Morgan fingerprint density at radius 1 is 0.692 bits per heavy atom. The number of rotatable bonds is 7. The van der Waals surface area contributed by atoms with Crippen molar-refractivity contribution in [3.8, 4) is 0 Å². The fraction of sp³-hybridized carbons (Fsp3) is 0.136. The SMILES string of the molecule is Br.O=C(O)CCC[P+](c1ccccc1)(c1ccccc1)c1ccccc1. The summed E-state index contributed by atoms with van der Waals surface area (Å²) >= 11 is 0. The Bertz CT molecular complexity index is 711. The quantitative estimate of drug-likeness (QED) is 0.564. The maximum atomic E-state index is 11.1. The van der Waals surface area contributed by atoms with E-state index in [1.807, 2.05) is 18.2 Å². The lowest BCUT2D eigenvalue weighted by molar-refractivity contribution is -0.137. The summed E-state index contributed by atoms with van der Waals surface area (Å²) in [4.78, 5) is 11.1. The van der Waals surface area contributed by atoms with Gasteiger partial charge < -0.3 is 5.11 Å². The van der Waals surface area contributed by atoms with Crippen molar-refractivity contribution in [1.29, 1.82) is 0 Å². The molecule has 0 aromatic heterocycles. The van der Waals surface area contributed by atoms with Crippen LogP contribution in [0.1, 0.15) is 12.8 Å². The molecule has 3 rings (SSSR count). The molecule has 0 heterocycles. The first-order valence-corrected chi connectivity index (χ1v) is 10.5. The monoisotopic (exact) mass is 429 g/mol. The van der Waals surface area contributed by atoms with E-state index in [-0.39, 0.29) is 23.4 Å². The summed E-state index contributed by atoms with van der Waals surface area (Å²) in [7, 11) is -1.87. The van der Waals surface area contributed by atoms with Crippen LogP contribution in [-0.4, -0.2) is 17.2 Å². The molecule has 0 aliphatic carbocycles. The molecule has 0 bridgehead atoms. The minimum Gasteiger partial charge on any atom is -0.481 e. The summed E-state index contributed by atoms with van der Waals surface area (Å²) < 4.78 is 0. The van der Waals surface area contributed by atoms with Gasteiger partial charge in [0.25, 0.3) is 0 Å². The third kappa shape index (κ3) is 4.41. The molecule has 0 amide bonds. The lowest BCUT2D eigenvalue weighted by Crippen LogP contribution is -2.33. The minimum absolute atomic E-state index is 0. The molecule has 0 aliphatic rings. The third-order valence-corrected chi connectivity index (χ3v) is 9.00. The van der Waals surface area contributed by atoms with Crippen molar-refractivity contribution in [2.75, 3.05) is 6.16 Å². The zero-order chi connectivity index (χ0) is 17.5. The van der Waals surface area contributed by atoms with Crippen LogP contribution >= 0.6 is 24.2 Å². The molecule has 0 aliphatic heterocycles. The first-order valence-electron chi connectivity index (χ1n) is 8.50. The Morgan fingerprint density at radius 3 is 1.35 bits per heavy atom. The molecule has 4 heteroatoms. The van der Waals surface area contributed by atoms with Crippen molar-refractivity contribution < 1.29 is 9.90 Å². The van der Waals surface area contributed by atoms with Crippen LogP contribution in [0.3, 0.4) is 0 Å². The Hall–Kier alpha value is -1.96. The summed E-state index contributed by atoms with van der Waals surface area (Å²) in [6.07, 6.45) is 1.73. The van der Waals surface area contributed by atoms with Crippen molar-refractivity contribution in [3.05, 3.63) is 91.0 Å². The van der Waals surface area contributed by atoms with E-state index < -0.39 is 13.2 Å². The molecule has 0 saturated heterocycles. The summed E-state index contributed by atoms with van der Waals surface area (Å²) in [6, 6.07) is 31.7. The van der Waals surface area contributed by atoms with Gasteiger partial charge in [-0.05, 0) is 42.8 Å². The number of hydrogen-bond acceptors (Lipinski definition) is 1. The molecule has 0 unspecified atom stereocenters. The van der Waals surface area contributed by atoms with Crippen molar-refractivity contribution >= 4 is 46.1 Å². The van der Waals surface area contributed by atoms with Crippen LogP contribution < -0.4 is 15.9 Å². The zero-order valence-corrected chi connectivity index (χ0v) is 17.1. The molecule has 3 aromatic rings. The Balaban J connectivity index is 0.00000243. The Labute approximate surface area is 166 Å². The van der Waals surface area contributed by atoms with Gasteiger partial charge in [-0.1, -0.05) is 54.6 Å². The predicted octanol–water partition coefficient (Wildman–Crippen LogP) is 4.42. The lowest BCUT2D eigenvalue weighted by atomic mass is 10.3. The van der Waals surface area contributed by atoms with Gasteiger partial charge in [-0.2, -0.15) is 0 Å². The molecular weight excluding hydrogens is 407 g/mol. The highest BCUT2D eigenvalue weighted by atomic mass is 79.9. The average molecular weight is 430 g/mol. The molecule has 0 radical (unpaired) electrons. The van der Waals surface area contributed by atoms with E-state index in [4.69, 9.17) is 5.11 Å².